The molecule has 3 amide bonds. The van der Waals surface area contributed by atoms with Gasteiger partial charge in [0.25, 0.3) is 5.91 Å². The first kappa shape index (κ1) is 18.8. The van der Waals surface area contributed by atoms with Crippen LogP contribution in [0, 0.1) is 35.5 Å². The lowest BCUT2D eigenvalue weighted by molar-refractivity contribution is -0.140. The van der Waals surface area contributed by atoms with Gasteiger partial charge < -0.3 is 0 Å². The Morgan fingerprint density at radius 2 is 1.48 bits per heavy atom. The third-order valence-electron chi connectivity index (χ3n) is 7.44. The predicted molar refractivity (Wildman–Crippen MR) is 116 cm³/mol. The fraction of sp³-hybridized carbons (Fsp3) is 0.320. The summed E-state index contributed by atoms with van der Waals surface area (Å²) < 4.78 is 0. The molecule has 2 saturated carbocycles. The molecule has 1 saturated heterocycles. The van der Waals surface area contributed by atoms with Gasteiger partial charge in [-0.25, -0.2) is 0 Å². The lowest BCUT2D eigenvalue weighted by Gasteiger charge is -2.37. The summed E-state index contributed by atoms with van der Waals surface area (Å²) in [5.74, 6) is 0.333. The Hall–Kier alpha value is -2.92. The van der Waals surface area contributed by atoms with E-state index in [1.165, 1.54) is 9.80 Å². The highest BCUT2D eigenvalue weighted by molar-refractivity contribution is 6.30. The number of allylic oxidation sites excluding steroid dienone is 2. The van der Waals surface area contributed by atoms with Crippen molar-refractivity contribution in [3.05, 3.63) is 77.3 Å². The van der Waals surface area contributed by atoms with Gasteiger partial charge >= 0.3 is 0 Å². The van der Waals surface area contributed by atoms with E-state index in [1.54, 1.807) is 48.5 Å². The Morgan fingerprint density at radius 1 is 0.903 bits per heavy atom. The molecular formula is C25H21ClN2O3. The highest BCUT2D eigenvalue weighted by atomic mass is 35.5. The molecule has 1 aliphatic heterocycles. The maximum atomic E-state index is 13.4. The van der Waals surface area contributed by atoms with Gasteiger partial charge in [-0.05, 0) is 66.5 Å². The number of halogens is 1. The SMILES string of the molecule is O=C1[C@H]2[C@@H]3C=C[C@H]([C@H]4C[C@H]34)[C@@H]2C(=O)N1CN(C(=O)c1ccccc1)c1ccc(Cl)cc1. The first-order valence-corrected chi connectivity index (χ1v) is 11.1. The summed E-state index contributed by atoms with van der Waals surface area (Å²) in [6, 6.07) is 15.8. The lowest BCUT2D eigenvalue weighted by atomic mass is 9.63. The molecule has 156 valence electrons. The van der Waals surface area contributed by atoms with Crippen LogP contribution in [0.3, 0.4) is 0 Å². The molecule has 5 aliphatic rings. The van der Waals surface area contributed by atoms with E-state index in [0.29, 0.717) is 28.1 Å². The number of amides is 3. The molecule has 3 fully saturated rings. The molecule has 6 heteroatoms. The van der Waals surface area contributed by atoms with Crippen molar-refractivity contribution >= 4 is 35.0 Å². The van der Waals surface area contributed by atoms with Gasteiger partial charge in [-0.2, -0.15) is 0 Å². The number of hydrogen-bond donors (Lipinski definition) is 0. The number of hydrogen-bond acceptors (Lipinski definition) is 3. The van der Waals surface area contributed by atoms with Crippen LogP contribution >= 0.6 is 11.6 Å². The van der Waals surface area contributed by atoms with Crippen molar-refractivity contribution in [3.63, 3.8) is 0 Å². The third kappa shape index (κ3) is 2.79. The number of carbonyl (C=O) groups is 3. The van der Waals surface area contributed by atoms with Gasteiger partial charge in [-0.3, -0.25) is 24.2 Å². The van der Waals surface area contributed by atoms with Crippen molar-refractivity contribution in [2.75, 3.05) is 11.6 Å². The maximum Gasteiger partial charge on any atom is 0.259 e. The monoisotopic (exact) mass is 432 g/mol. The molecule has 0 unspecified atom stereocenters. The molecule has 1 heterocycles. The molecule has 0 N–H and O–H groups in total. The molecular weight excluding hydrogens is 412 g/mol. The maximum absolute atomic E-state index is 13.4. The minimum atomic E-state index is -0.273. The normalized spacial score (nSPS) is 32.1. The van der Waals surface area contributed by atoms with Crippen LogP contribution in [0.2, 0.25) is 5.02 Å². The van der Waals surface area contributed by atoms with E-state index < -0.39 is 0 Å². The summed E-state index contributed by atoms with van der Waals surface area (Å²) in [5.41, 5.74) is 1.09. The molecule has 0 aromatic heterocycles. The van der Waals surface area contributed by atoms with E-state index in [0.717, 1.165) is 6.42 Å². The summed E-state index contributed by atoms with van der Waals surface area (Å²) in [4.78, 5) is 43.0. The van der Waals surface area contributed by atoms with Gasteiger partial charge in [0.05, 0.1) is 11.8 Å². The van der Waals surface area contributed by atoms with Gasteiger partial charge in [-0.1, -0.05) is 42.0 Å². The predicted octanol–water partition coefficient (Wildman–Crippen LogP) is 4.00. The smallest absolute Gasteiger partial charge is 0.259 e. The second-order valence-electron chi connectivity index (χ2n) is 8.98. The van der Waals surface area contributed by atoms with Crippen LogP contribution in [0.25, 0.3) is 0 Å². The Labute approximate surface area is 185 Å². The first-order valence-electron chi connectivity index (χ1n) is 10.7. The van der Waals surface area contributed by atoms with E-state index >= 15 is 0 Å². The van der Waals surface area contributed by atoms with Gasteiger partial charge in [0.2, 0.25) is 11.8 Å². The van der Waals surface area contributed by atoms with Crippen molar-refractivity contribution in [1.82, 2.24) is 4.90 Å². The second kappa shape index (κ2) is 6.79. The Bertz CT molecular complexity index is 1080. The molecule has 2 aromatic carbocycles. The van der Waals surface area contributed by atoms with Crippen LogP contribution in [0.15, 0.2) is 66.7 Å². The first-order chi connectivity index (χ1) is 15.0. The molecule has 31 heavy (non-hydrogen) atoms. The van der Waals surface area contributed by atoms with Gasteiger partial charge in [0, 0.05) is 16.3 Å². The number of imide groups is 1. The quantitative estimate of drug-likeness (QED) is 0.542. The Morgan fingerprint density at radius 3 is 2.06 bits per heavy atom. The molecule has 7 rings (SSSR count). The van der Waals surface area contributed by atoms with Crippen LogP contribution in [0.1, 0.15) is 16.8 Å². The van der Waals surface area contributed by atoms with Crippen molar-refractivity contribution < 1.29 is 14.4 Å². The number of carbonyl (C=O) groups excluding carboxylic acids is 3. The minimum absolute atomic E-state index is 0.0885. The Balaban J connectivity index is 1.34. The van der Waals surface area contributed by atoms with E-state index in [-0.39, 0.29) is 48.1 Å². The fourth-order valence-corrected chi connectivity index (χ4v) is 6.05. The molecule has 2 aromatic rings. The number of nitrogens with zero attached hydrogens (tertiary/aromatic N) is 2. The van der Waals surface area contributed by atoms with Crippen molar-refractivity contribution in [3.8, 4) is 0 Å². The molecule has 4 aliphatic carbocycles. The molecule has 0 spiro atoms. The van der Waals surface area contributed by atoms with Gasteiger partial charge in [0.15, 0.2) is 0 Å². The van der Waals surface area contributed by atoms with Gasteiger partial charge in [0.1, 0.15) is 6.67 Å². The number of anilines is 1. The largest absolute Gasteiger partial charge is 0.290 e. The number of benzene rings is 2. The third-order valence-corrected chi connectivity index (χ3v) is 7.69. The zero-order chi connectivity index (χ0) is 21.3. The van der Waals surface area contributed by atoms with Crippen LogP contribution in [0.4, 0.5) is 5.69 Å². The topological polar surface area (TPSA) is 57.7 Å². The van der Waals surface area contributed by atoms with E-state index in [2.05, 4.69) is 12.2 Å². The van der Waals surface area contributed by atoms with Crippen LogP contribution in [-0.4, -0.2) is 29.3 Å². The molecule has 0 radical (unpaired) electrons. The highest BCUT2D eigenvalue weighted by Gasteiger charge is 2.67. The van der Waals surface area contributed by atoms with E-state index in [1.807, 2.05) is 6.07 Å². The summed E-state index contributed by atoms with van der Waals surface area (Å²) in [6.45, 7) is -0.0885. The lowest BCUT2D eigenvalue weighted by Crippen LogP contribution is -2.45. The Kier molecular flexibility index (Phi) is 4.12. The van der Waals surface area contributed by atoms with E-state index in [4.69, 9.17) is 11.6 Å². The fourth-order valence-electron chi connectivity index (χ4n) is 5.92. The summed E-state index contributed by atoms with van der Waals surface area (Å²) in [7, 11) is 0. The number of rotatable bonds is 4. The van der Waals surface area contributed by atoms with E-state index in [9.17, 15) is 14.4 Å². The summed E-state index contributed by atoms with van der Waals surface area (Å²) in [6.07, 6.45) is 5.43. The van der Waals surface area contributed by atoms with Crippen LogP contribution in [-0.2, 0) is 9.59 Å². The highest BCUT2D eigenvalue weighted by Crippen LogP contribution is 2.65. The van der Waals surface area contributed by atoms with Crippen molar-refractivity contribution in [2.45, 2.75) is 6.42 Å². The molecule has 5 nitrogen and oxygen atoms in total. The van der Waals surface area contributed by atoms with Crippen LogP contribution in [0.5, 0.6) is 0 Å². The van der Waals surface area contributed by atoms with Crippen molar-refractivity contribution in [2.24, 2.45) is 35.5 Å². The standard InChI is InChI=1S/C25H21ClN2O3/c26-15-6-8-16(9-7-15)27(23(29)14-4-2-1-3-5-14)13-28-24(30)21-17-10-11-18(20-12-19(17)20)22(21)25(28)31/h1-11,17-22H,12-13H2/t17-,18-,19-,20-,21+,22+/m1/s1. The zero-order valence-electron chi connectivity index (χ0n) is 16.7. The second-order valence-corrected chi connectivity index (χ2v) is 9.41. The summed E-state index contributed by atoms with van der Waals surface area (Å²) in [5, 5.41) is 0.553. The molecule has 6 atom stereocenters. The average Bonchev–Trinajstić information content (AvgIpc) is 3.58. The summed E-state index contributed by atoms with van der Waals surface area (Å²) >= 11 is 6.04. The van der Waals surface area contributed by atoms with Crippen molar-refractivity contribution in [1.29, 1.82) is 0 Å². The molecule has 2 bridgehead atoms. The average molecular weight is 433 g/mol. The number of likely N-dealkylation sites (tertiary alicyclic amines) is 1. The zero-order valence-corrected chi connectivity index (χ0v) is 17.5. The minimum Gasteiger partial charge on any atom is -0.290 e. The van der Waals surface area contributed by atoms with Crippen LogP contribution < -0.4 is 4.90 Å². The van der Waals surface area contributed by atoms with Gasteiger partial charge in [-0.15, -0.1) is 0 Å².